The van der Waals surface area contributed by atoms with Gasteiger partial charge in [-0.3, -0.25) is 0 Å². The molecule has 1 N–H and O–H groups in total. The lowest BCUT2D eigenvalue weighted by Crippen LogP contribution is -2.07. The largest absolute Gasteiger partial charge is 0.504 e. The molecule has 0 saturated heterocycles. The zero-order valence-corrected chi connectivity index (χ0v) is 6.28. The molecule has 1 atom stereocenters. The third-order valence-electron chi connectivity index (χ3n) is 1.63. The summed E-state index contributed by atoms with van der Waals surface area (Å²) in [5, 5.41) is 9.13. The molecule has 3 heteroatoms. The number of aldehydes is 1. The first kappa shape index (κ1) is 7.85. The molecule has 0 fully saturated rings. The normalized spacial score (nSPS) is 23.5. The van der Waals surface area contributed by atoms with E-state index < -0.39 is 0 Å². The molecule has 3 nitrogen and oxygen atoms in total. The number of aliphatic hydroxyl groups is 1. The molecule has 11 heavy (non-hydrogen) atoms. The summed E-state index contributed by atoms with van der Waals surface area (Å²) in [5.41, 5.74) is 0. The topological polar surface area (TPSA) is 46.5 Å². The minimum atomic E-state index is -0.152. The third kappa shape index (κ3) is 1.61. The Morgan fingerprint density at radius 2 is 2.55 bits per heavy atom. The first-order valence-corrected chi connectivity index (χ1v) is 3.37. The van der Waals surface area contributed by atoms with Gasteiger partial charge in [0.2, 0.25) is 0 Å². The second-order valence-corrected chi connectivity index (χ2v) is 2.38. The van der Waals surface area contributed by atoms with Crippen LogP contribution in [-0.4, -0.2) is 18.5 Å². The van der Waals surface area contributed by atoms with Crippen LogP contribution in [0, 0.1) is 5.92 Å². The molecular weight excluding hydrogens is 144 g/mol. The van der Waals surface area contributed by atoms with Crippen LogP contribution < -0.4 is 0 Å². The monoisotopic (exact) mass is 154 g/mol. The number of hydrogen-bond donors (Lipinski definition) is 1. The molecule has 0 radical (unpaired) electrons. The molecule has 1 unspecified atom stereocenters. The summed E-state index contributed by atoms with van der Waals surface area (Å²) in [7, 11) is 1.48. The molecule has 0 bridgehead atoms. The molecule has 0 amide bonds. The Hall–Kier alpha value is -1.25. The molecule has 0 aliphatic heterocycles. The van der Waals surface area contributed by atoms with Gasteiger partial charge >= 0.3 is 0 Å². The van der Waals surface area contributed by atoms with Crippen molar-refractivity contribution in [2.45, 2.75) is 6.42 Å². The van der Waals surface area contributed by atoms with Crippen molar-refractivity contribution in [3.05, 3.63) is 23.7 Å². The maximum absolute atomic E-state index is 10.3. The SMILES string of the molecule is COC1=C(O)C=CC(C=O)C1. The Labute approximate surface area is 65.0 Å². The van der Waals surface area contributed by atoms with Crippen LogP contribution in [0.4, 0.5) is 0 Å². The van der Waals surface area contributed by atoms with Gasteiger partial charge in [-0.1, -0.05) is 6.08 Å². The van der Waals surface area contributed by atoms with E-state index in [4.69, 9.17) is 9.84 Å². The number of allylic oxidation sites excluding steroid dienone is 3. The molecule has 0 aromatic carbocycles. The minimum Gasteiger partial charge on any atom is -0.504 e. The summed E-state index contributed by atoms with van der Waals surface area (Å²) < 4.78 is 4.85. The van der Waals surface area contributed by atoms with Crippen LogP contribution >= 0.6 is 0 Å². The third-order valence-corrected chi connectivity index (χ3v) is 1.63. The van der Waals surface area contributed by atoms with Crippen LogP contribution in [0.25, 0.3) is 0 Å². The highest BCUT2D eigenvalue weighted by Crippen LogP contribution is 2.20. The Balaban J connectivity index is 2.74. The van der Waals surface area contributed by atoms with E-state index in [0.717, 1.165) is 6.29 Å². The van der Waals surface area contributed by atoms with E-state index in [0.29, 0.717) is 12.2 Å². The first-order chi connectivity index (χ1) is 5.27. The summed E-state index contributed by atoms with van der Waals surface area (Å²) in [4.78, 5) is 10.3. The van der Waals surface area contributed by atoms with E-state index in [-0.39, 0.29) is 11.7 Å². The molecule has 1 aliphatic rings. The van der Waals surface area contributed by atoms with Gasteiger partial charge in [-0.05, 0) is 6.08 Å². The van der Waals surface area contributed by atoms with Crippen molar-refractivity contribution >= 4 is 6.29 Å². The van der Waals surface area contributed by atoms with Crippen LogP contribution in [0.2, 0.25) is 0 Å². The Kier molecular flexibility index (Phi) is 2.31. The number of carbonyl (C=O) groups is 1. The fourth-order valence-electron chi connectivity index (χ4n) is 0.976. The molecule has 1 aliphatic carbocycles. The van der Waals surface area contributed by atoms with Gasteiger partial charge in [0.05, 0.1) is 7.11 Å². The summed E-state index contributed by atoms with van der Waals surface area (Å²) in [6, 6.07) is 0. The van der Waals surface area contributed by atoms with Gasteiger partial charge in [0.15, 0.2) is 5.76 Å². The second-order valence-electron chi connectivity index (χ2n) is 2.38. The lowest BCUT2D eigenvalue weighted by atomic mass is 10.0. The smallest absolute Gasteiger partial charge is 0.152 e. The Morgan fingerprint density at radius 1 is 1.82 bits per heavy atom. The maximum Gasteiger partial charge on any atom is 0.152 e. The lowest BCUT2D eigenvalue weighted by molar-refractivity contribution is -0.110. The minimum absolute atomic E-state index is 0.116. The zero-order chi connectivity index (χ0) is 8.27. The van der Waals surface area contributed by atoms with E-state index >= 15 is 0 Å². The first-order valence-electron chi connectivity index (χ1n) is 3.37. The molecule has 60 valence electrons. The number of ether oxygens (including phenoxy) is 1. The van der Waals surface area contributed by atoms with E-state index in [1.807, 2.05) is 0 Å². The summed E-state index contributed by atoms with van der Waals surface area (Å²) in [6.45, 7) is 0. The highest BCUT2D eigenvalue weighted by atomic mass is 16.5. The van der Waals surface area contributed by atoms with E-state index in [2.05, 4.69) is 0 Å². The zero-order valence-electron chi connectivity index (χ0n) is 6.28. The quantitative estimate of drug-likeness (QED) is 0.607. The molecular formula is C8H10O3. The van der Waals surface area contributed by atoms with Crippen molar-refractivity contribution in [3.63, 3.8) is 0 Å². The van der Waals surface area contributed by atoms with Crippen LogP contribution in [-0.2, 0) is 9.53 Å². The van der Waals surface area contributed by atoms with Crippen LogP contribution in [0.1, 0.15) is 6.42 Å². The lowest BCUT2D eigenvalue weighted by Gasteiger charge is -2.13. The van der Waals surface area contributed by atoms with Crippen molar-refractivity contribution in [2.75, 3.05) is 7.11 Å². The maximum atomic E-state index is 10.3. The van der Waals surface area contributed by atoms with Crippen molar-refractivity contribution in [2.24, 2.45) is 5.92 Å². The number of carbonyl (C=O) groups excluding carboxylic acids is 1. The standard InChI is InChI=1S/C8H10O3/c1-11-8-4-6(5-9)2-3-7(8)10/h2-3,5-6,10H,4H2,1H3. The average Bonchev–Trinajstić information content (AvgIpc) is 2.05. The highest BCUT2D eigenvalue weighted by molar-refractivity contribution is 5.58. The molecule has 0 heterocycles. The summed E-state index contributed by atoms with van der Waals surface area (Å²) in [5.74, 6) is 0.441. The van der Waals surface area contributed by atoms with Gasteiger partial charge in [-0.15, -0.1) is 0 Å². The molecule has 0 aromatic heterocycles. The Bertz CT molecular complexity index is 215. The summed E-state index contributed by atoms with van der Waals surface area (Å²) >= 11 is 0. The Morgan fingerprint density at radius 3 is 3.09 bits per heavy atom. The number of hydrogen-bond acceptors (Lipinski definition) is 3. The number of aliphatic hydroxyl groups excluding tert-OH is 1. The van der Waals surface area contributed by atoms with E-state index in [1.165, 1.54) is 13.2 Å². The average molecular weight is 154 g/mol. The fourth-order valence-corrected chi connectivity index (χ4v) is 0.976. The van der Waals surface area contributed by atoms with Gasteiger partial charge in [0.1, 0.15) is 12.0 Å². The summed E-state index contributed by atoms with van der Waals surface area (Å²) in [6.07, 6.45) is 4.44. The van der Waals surface area contributed by atoms with E-state index in [9.17, 15) is 4.79 Å². The van der Waals surface area contributed by atoms with Gasteiger partial charge in [-0.25, -0.2) is 0 Å². The van der Waals surface area contributed by atoms with Crippen molar-refractivity contribution in [3.8, 4) is 0 Å². The van der Waals surface area contributed by atoms with Gasteiger partial charge in [-0.2, -0.15) is 0 Å². The van der Waals surface area contributed by atoms with Crippen molar-refractivity contribution < 1.29 is 14.6 Å². The van der Waals surface area contributed by atoms with Gasteiger partial charge < -0.3 is 14.6 Å². The fraction of sp³-hybridized carbons (Fsp3) is 0.375. The molecule has 0 aromatic rings. The highest BCUT2D eigenvalue weighted by Gasteiger charge is 2.15. The number of rotatable bonds is 2. The molecule has 1 rings (SSSR count). The number of methoxy groups -OCH3 is 1. The van der Waals surface area contributed by atoms with Gasteiger partial charge in [0.25, 0.3) is 0 Å². The van der Waals surface area contributed by atoms with Gasteiger partial charge in [0, 0.05) is 12.3 Å². The van der Waals surface area contributed by atoms with E-state index in [1.54, 1.807) is 6.08 Å². The van der Waals surface area contributed by atoms with Crippen LogP contribution in [0.3, 0.4) is 0 Å². The second kappa shape index (κ2) is 3.23. The predicted octanol–water partition coefficient (Wildman–Crippen LogP) is 1.18. The molecule has 0 saturated carbocycles. The van der Waals surface area contributed by atoms with Crippen LogP contribution in [0.15, 0.2) is 23.7 Å². The van der Waals surface area contributed by atoms with Crippen LogP contribution in [0.5, 0.6) is 0 Å². The van der Waals surface area contributed by atoms with Crippen molar-refractivity contribution in [1.82, 2.24) is 0 Å². The predicted molar refractivity (Wildman–Crippen MR) is 40.0 cm³/mol. The van der Waals surface area contributed by atoms with Crippen molar-refractivity contribution in [1.29, 1.82) is 0 Å². The molecule has 0 spiro atoms.